The molecule has 1 aliphatic rings. The summed E-state index contributed by atoms with van der Waals surface area (Å²) in [5.74, 6) is -0.169. The highest BCUT2D eigenvalue weighted by Gasteiger charge is 2.30. The van der Waals surface area contributed by atoms with Crippen LogP contribution in [0, 0.1) is 6.92 Å². The smallest absolute Gasteiger partial charge is 0.295 e. The van der Waals surface area contributed by atoms with Crippen molar-refractivity contribution in [2.45, 2.75) is 58.7 Å². The molecule has 4 rings (SSSR count). The van der Waals surface area contributed by atoms with Crippen molar-refractivity contribution >= 4 is 11.6 Å². The molecule has 1 N–H and O–H groups in total. The molecule has 8 heteroatoms. The number of benzene rings is 1. The fraction of sp³-hybridized carbons (Fsp3) is 0.462. The van der Waals surface area contributed by atoms with Crippen molar-refractivity contribution in [2.75, 3.05) is 25.0 Å². The van der Waals surface area contributed by atoms with Gasteiger partial charge >= 0.3 is 0 Å². The van der Waals surface area contributed by atoms with Crippen molar-refractivity contribution in [3.8, 4) is 11.1 Å². The average Bonchev–Trinajstić information content (AvgIpc) is 3.37. The number of pyridine rings is 1. The fourth-order valence-corrected chi connectivity index (χ4v) is 4.52. The number of nitrogens with one attached hydrogen (secondary N) is 1. The molecule has 1 atom stereocenters. The molecule has 1 fully saturated rings. The summed E-state index contributed by atoms with van der Waals surface area (Å²) in [6.07, 6.45) is 7.37. The monoisotopic (exact) mass is 462 g/mol. The molecule has 8 nitrogen and oxygen atoms in total. The summed E-state index contributed by atoms with van der Waals surface area (Å²) < 4.78 is 4.79. The van der Waals surface area contributed by atoms with E-state index in [-0.39, 0.29) is 11.7 Å². The quantitative estimate of drug-likeness (QED) is 0.591. The molecule has 1 amide bonds. The largest absolute Gasteiger partial charge is 0.368 e. The van der Waals surface area contributed by atoms with Gasteiger partial charge < -0.3 is 19.6 Å². The lowest BCUT2D eigenvalue weighted by Crippen LogP contribution is -2.45. The predicted octanol–water partition coefficient (Wildman–Crippen LogP) is 4.07. The van der Waals surface area contributed by atoms with Crippen LogP contribution in [0.5, 0.6) is 0 Å². The van der Waals surface area contributed by atoms with Crippen molar-refractivity contribution in [1.29, 1.82) is 0 Å². The Kier molecular flexibility index (Phi) is 6.97. The van der Waals surface area contributed by atoms with Gasteiger partial charge in [-0.15, -0.1) is 0 Å². The van der Waals surface area contributed by atoms with Gasteiger partial charge in [0.2, 0.25) is 6.39 Å². The first-order chi connectivity index (χ1) is 16.3. The fourth-order valence-electron chi connectivity index (χ4n) is 4.52. The van der Waals surface area contributed by atoms with Crippen molar-refractivity contribution in [1.82, 2.24) is 25.3 Å². The van der Waals surface area contributed by atoms with E-state index < -0.39 is 5.54 Å². The Balaban J connectivity index is 1.61. The van der Waals surface area contributed by atoms with E-state index in [1.54, 1.807) is 4.90 Å². The van der Waals surface area contributed by atoms with E-state index in [2.05, 4.69) is 56.5 Å². The first kappa shape index (κ1) is 23.9. The lowest BCUT2D eigenvalue weighted by atomic mass is 9.96. The Bertz CT molecular complexity index is 1120. The third kappa shape index (κ3) is 5.12. The predicted molar refractivity (Wildman–Crippen MR) is 133 cm³/mol. The van der Waals surface area contributed by atoms with Gasteiger partial charge in [-0.25, -0.2) is 0 Å². The van der Waals surface area contributed by atoms with Gasteiger partial charge in [0, 0.05) is 43.0 Å². The number of piperidine rings is 1. The molecule has 1 unspecified atom stereocenters. The number of rotatable bonds is 6. The van der Waals surface area contributed by atoms with Crippen LogP contribution in [0.2, 0.25) is 0 Å². The van der Waals surface area contributed by atoms with Crippen LogP contribution in [0.15, 0.2) is 47.6 Å². The second-order valence-electron chi connectivity index (χ2n) is 9.92. The Morgan fingerprint density at radius 2 is 2.12 bits per heavy atom. The molecular formula is C26H34N6O2. The number of carbonyl (C=O) groups excluding carboxylic acids is 1. The summed E-state index contributed by atoms with van der Waals surface area (Å²) in [6, 6.07) is 9.04. The zero-order chi connectivity index (χ0) is 24.3. The van der Waals surface area contributed by atoms with Gasteiger partial charge in [0.05, 0.1) is 11.9 Å². The molecule has 0 radical (unpaired) electrons. The number of amides is 1. The van der Waals surface area contributed by atoms with E-state index in [0.29, 0.717) is 12.6 Å². The highest BCUT2D eigenvalue weighted by Crippen LogP contribution is 2.33. The van der Waals surface area contributed by atoms with Gasteiger partial charge in [0.15, 0.2) is 0 Å². The summed E-state index contributed by atoms with van der Waals surface area (Å²) in [5.41, 5.74) is 5.30. The van der Waals surface area contributed by atoms with Crippen LogP contribution in [0.3, 0.4) is 0 Å². The number of hydrogen-bond donors (Lipinski definition) is 1. The summed E-state index contributed by atoms with van der Waals surface area (Å²) in [4.78, 5) is 25.6. The van der Waals surface area contributed by atoms with Crippen molar-refractivity contribution in [3.05, 3.63) is 60.0 Å². The maximum atomic E-state index is 13.1. The first-order valence-corrected chi connectivity index (χ1v) is 11.8. The average molecular weight is 463 g/mol. The van der Waals surface area contributed by atoms with Gasteiger partial charge in [-0.05, 0) is 70.3 Å². The molecular weight excluding hydrogens is 428 g/mol. The lowest BCUT2D eigenvalue weighted by Gasteiger charge is -2.36. The number of hydrogen-bond acceptors (Lipinski definition) is 7. The summed E-state index contributed by atoms with van der Waals surface area (Å²) >= 11 is 0. The summed E-state index contributed by atoms with van der Waals surface area (Å²) in [5, 5.41) is 7.16. The minimum atomic E-state index is -0.404. The zero-order valence-electron chi connectivity index (χ0n) is 20.7. The van der Waals surface area contributed by atoms with Crippen molar-refractivity contribution < 1.29 is 9.32 Å². The number of nitrogens with zero attached hydrogens (tertiary/aromatic N) is 5. The Labute approximate surface area is 201 Å². The highest BCUT2D eigenvalue weighted by atomic mass is 16.5. The molecule has 1 aromatic carbocycles. The number of carbonyl (C=O) groups is 1. The van der Waals surface area contributed by atoms with E-state index in [0.717, 1.165) is 36.2 Å². The van der Waals surface area contributed by atoms with Crippen LogP contribution in [0.4, 0.5) is 5.69 Å². The first-order valence-electron chi connectivity index (χ1n) is 11.8. The number of likely N-dealkylation sites (N-methyl/N-ethyl adjacent to an activating group) is 1. The Morgan fingerprint density at radius 3 is 2.79 bits per heavy atom. The molecule has 0 bridgehead atoms. The number of aryl methyl sites for hydroxylation is 1. The van der Waals surface area contributed by atoms with E-state index in [4.69, 9.17) is 4.52 Å². The second kappa shape index (κ2) is 9.93. The minimum absolute atomic E-state index is 0.0760. The van der Waals surface area contributed by atoms with Crippen molar-refractivity contribution in [3.63, 3.8) is 0 Å². The summed E-state index contributed by atoms with van der Waals surface area (Å²) in [6.45, 7) is 10.6. The Morgan fingerprint density at radius 1 is 1.29 bits per heavy atom. The van der Waals surface area contributed by atoms with Crippen LogP contribution >= 0.6 is 0 Å². The standard InChI is InChI=1S/C26H34N6O2/c1-18-13-19(22-10-11-28-14-23(22)31-12-6-7-21(16-31)27-5)8-9-20(18)15-32(26(2,3)4)25(33)24-29-17-34-30-24/h8-11,13-14,17,21,27H,6-7,12,15-16H2,1-5H3. The molecule has 2 aromatic heterocycles. The van der Waals surface area contributed by atoms with E-state index in [9.17, 15) is 4.79 Å². The number of aromatic nitrogens is 3. The van der Waals surface area contributed by atoms with Crippen LogP contribution < -0.4 is 10.2 Å². The highest BCUT2D eigenvalue weighted by molar-refractivity contribution is 5.90. The van der Waals surface area contributed by atoms with Crippen molar-refractivity contribution in [2.24, 2.45) is 0 Å². The zero-order valence-corrected chi connectivity index (χ0v) is 20.7. The van der Waals surface area contributed by atoms with E-state index >= 15 is 0 Å². The maximum Gasteiger partial charge on any atom is 0.295 e. The second-order valence-corrected chi connectivity index (χ2v) is 9.92. The van der Waals surface area contributed by atoms with Crippen LogP contribution in [-0.2, 0) is 6.54 Å². The SMILES string of the molecule is CNC1CCCN(c2cnccc2-c2ccc(CN(C(=O)c3ncon3)C(C)(C)C)c(C)c2)C1. The molecule has 3 aromatic rings. The molecule has 0 saturated carbocycles. The molecule has 3 heterocycles. The maximum absolute atomic E-state index is 13.1. The third-order valence-electron chi connectivity index (χ3n) is 6.56. The molecule has 0 aliphatic carbocycles. The number of anilines is 1. The molecule has 34 heavy (non-hydrogen) atoms. The topological polar surface area (TPSA) is 87.4 Å². The molecule has 0 spiro atoms. The molecule has 180 valence electrons. The van der Waals surface area contributed by atoms with Gasteiger partial charge in [0.1, 0.15) is 0 Å². The van der Waals surface area contributed by atoms with E-state index in [1.807, 2.05) is 40.2 Å². The van der Waals surface area contributed by atoms with Gasteiger partial charge in [-0.2, -0.15) is 4.98 Å². The van der Waals surface area contributed by atoms with Gasteiger partial charge in [0.25, 0.3) is 11.7 Å². The van der Waals surface area contributed by atoms with Crippen LogP contribution in [0.25, 0.3) is 11.1 Å². The summed E-state index contributed by atoms with van der Waals surface area (Å²) in [7, 11) is 2.03. The van der Waals surface area contributed by atoms with E-state index in [1.165, 1.54) is 24.1 Å². The third-order valence-corrected chi connectivity index (χ3v) is 6.56. The Hall–Kier alpha value is -3.26. The normalized spacial score (nSPS) is 16.5. The van der Waals surface area contributed by atoms with Gasteiger partial charge in [-0.3, -0.25) is 9.78 Å². The van der Waals surface area contributed by atoms with Crippen LogP contribution in [-0.4, -0.2) is 57.6 Å². The van der Waals surface area contributed by atoms with Crippen LogP contribution in [0.1, 0.15) is 55.4 Å². The minimum Gasteiger partial charge on any atom is -0.368 e. The lowest BCUT2D eigenvalue weighted by molar-refractivity contribution is 0.0542. The van der Waals surface area contributed by atoms with Gasteiger partial charge in [-0.1, -0.05) is 23.4 Å². The molecule has 1 aliphatic heterocycles. The molecule has 1 saturated heterocycles.